The highest BCUT2D eigenvalue weighted by atomic mass is 19.1. The van der Waals surface area contributed by atoms with Gasteiger partial charge in [-0.2, -0.15) is 4.98 Å². The van der Waals surface area contributed by atoms with Crippen molar-refractivity contribution in [1.29, 1.82) is 0 Å². The first-order chi connectivity index (χ1) is 14.1. The molecule has 1 saturated heterocycles. The molecular formula is C20H19FN4O4. The smallest absolute Gasteiger partial charge is 0.317 e. The van der Waals surface area contributed by atoms with Crippen molar-refractivity contribution in [3.05, 3.63) is 60.3 Å². The summed E-state index contributed by atoms with van der Waals surface area (Å²) in [4.78, 5) is 16.2. The van der Waals surface area contributed by atoms with Crippen molar-refractivity contribution >= 4 is 0 Å². The van der Waals surface area contributed by atoms with Crippen molar-refractivity contribution in [1.82, 2.24) is 19.9 Å². The van der Waals surface area contributed by atoms with E-state index in [0.29, 0.717) is 41.7 Å². The predicted octanol–water partition coefficient (Wildman–Crippen LogP) is 2.65. The van der Waals surface area contributed by atoms with Crippen LogP contribution in [-0.4, -0.2) is 51.5 Å². The van der Waals surface area contributed by atoms with Gasteiger partial charge < -0.3 is 24.3 Å². The Morgan fingerprint density at radius 3 is 2.66 bits per heavy atom. The summed E-state index contributed by atoms with van der Waals surface area (Å²) in [6.07, 6.45) is 0.863. The van der Waals surface area contributed by atoms with E-state index < -0.39 is 6.29 Å². The SMILES string of the molecule is C=C1COC(c2nc(-c3ccc(F)cc3)c(-c3ccnc(OCCO)n3)[nH]2)OC1. The maximum absolute atomic E-state index is 13.4. The number of nitrogens with zero attached hydrogens (tertiary/aromatic N) is 3. The average molecular weight is 398 g/mol. The molecule has 1 aliphatic rings. The summed E-state index contributed by atoms with van der Waals surface area (Å²) in [6, 6.07) is 7.81. The first-order valence-electron chi connectivity index (χ1n) is 8.97. The number of H-pyrrole nitrogens is 1. The van der Waals surface area contributed by atoms with Crippen LogP contribution >= 0.6 is 0 Å². The number of hydrogen-bond donors (Lipinski definition) is 2. The fourth-order valence-corrected chi connectivity index (χ4v) is 2.83. The van der Waals surface area contributed by atoms with Gasteiger partial charge in [-0.1, -0.05) is 6.58 Å². The first kappa shape index (κ1) is 19.2. The van der Waals surface area contributed by atoms with Gasteiger partial charge in [0, 0.05) is 11.8 Å². The van der Waals surface area contributed by atoms with E-state index in [1.807, 2.05) is 0 Å². The fourth-order valence-electron chi connectivity index (χ4n) is 2.83. The first-order valence-corrected chi connectivity index (χ1v) is 8.97. The number of nitrogens with one attached hydrogen (secondary N) is 1. The van der Waals surface area contributed by atoms with Crippen molar-refractivity contribution in [3.63, 3.8) is 0 Å². The highest BCUT2D eigenvalue weighted by Crippen LogP contribution is 2.33. The lowest BCUT2D eigenvalue weighted by Crippen LogP contribution is -2.20. The summed E-state index contributed by atoms with van der Waals surface area (Å²) >= 11 is 0. The molecule has 0 radical (unpaired) electrons. The van der Waals surface area contributed by atoms with Gasteiger partial charge in [-0.15, -0.1) is 0 Å². The van der Waals surface area contributed by atoms with Crippen molar-refractivity contribution in [3.8, 4) is 28.7 Å². The normalized spacial score (nSPS) is 14.9. The Morgan fingerprint density at radius 2 is 1.93 bits per heavy atom. The lowest BCUT2D eigenvalue weighted by Gasteiger charge is -2.22. The summed E-state index contributed by atoms with van der Waals surface area (Å²) in [5.74, 6) is 0.119. The Bertz CT molecular complexity index is 996. The molecule has 150 valence electrons. The Labute approximate surface area is 166 Å². The molecule has 0 bridgehead atoms. The van der Waals surface area contributed by atoms with E-state index in [1.54, 1.807) is 24.4 Å². The number of halogens is 1. The van der Waals surface area contributed by atoms with Gasteiger partial charge in [-0.3, -0.25) is 0 Å². The molecule has 0 unspecified atom stereocenters. The number of ether oxygens (including phenoxy) is 3. The minimum atomic E-state index is -0.680. The van der Waals surface area contributed by atoms with Gasteiger partial charge in [-0.05, 0) is 35.9 Å². The van der Waals surface area contributed by atoms with E-state index in [1.165, 1.54) is 12.1 Å². The van der Waals surface area contributed by atoms with Gasteiger partial charge in [0.15, 0.2) is 5.82 Å². The van der Waals surface area contributed by atoms with Gasteiger partial charge >= 0.3 is 6.01 Å². The number of imidazole rings is 1. The summed E-state index contributed by atoms with van der Waals surface area (Å²) in [5, 5.41) is 8.93. The Kier molecular flexibility index (Phi) is 5.61. The minimum absolute atomic E-state index is 0.0795. The van der Waals surface area contributed by atoms with Crippen LogP contribution in [0.3, 0.4) is 0 Å². The molecule has 3 aromatic rings. The van der Waals surface area contributed by atoms with Crippen molar-refractivity contribution in [2.24, 2.45) is 0 Å². The third-order valence-electron chi connectivity index (χ3n) is 4.15. The molecule has 1 aromatic carbocycles. The van der Waals surface area contributed by atoms with E-state index >= 15 is 0 Å². The topological polar surface area (TPSA) is 102 Å². The molecule has 3 heterocycles. The number of aliphatic hydroxyl groups excluding tert-OH is 1. The third-order valence-corrected chi connectivity index (χ3v) is 4.15. The van der Waals surface area contributed by atoms with Crippen LogP contribution in [0, 0.1) is 5.82 Å². The predicted molar refractivity (Wildman–Crippen MR) is 101 cm³/mol. The largest absolute Gasteiger partial charge is 0.461 e. The Morgan fingerprint density at radius 1 is 1.17 bits per heavy atom. The quantitative estimate of drug-likeness (QED) is 0.616. The summed E-state index contributed by atoms with van der Waals surface area (Å²) < 4.78 is 30.0. The third kappa shape index (κ3) is 4.32. The van der Waals surface area contributed by atoms with Crippen molar-refractivity contribution < 1.29 is 23.7 Å². The second-order valence-electron chi connectivity index (χ2n) is 6.35. The lowest BCUT2D eigenvalue weighted by molar-refractivity contribution is -0.165. The van der Waals surface area contributed by atoms with E-state index in [2.05, 4.69) is 26.5 Å². The monoisotopic (exact) mass is 398 g/mol. The zero-order valence-corrected chi connectivity index (χ0v) is 15.5. The lowest BCUT2D eigenvalue weighted by atomic mass is 10.1. The molecule has 2 N–H and O–H groups in total. The number of aromatic nitrogens is 4. The Hall–Kier alpha value is -3.14. The number of benzene rings is 1. The maximum atomic E-state index is 13.4. The molecule has 0 saturated carbocycles. The Balaban J connectivity index is 1.74. The fraction of sp³-hybridized carbons (Fsp3) is 0.250. The second-order valence-corrected chi connectivity index (χ2v) is 6.35. The summed E-state index contributed by atoms with van der Waals surface area (Å²) in [6.45, 7) is 4.52. The molecule has 4 rings (SSSR count). The molecule has 0 spiro atoms. The molecule has 0 aliphatic carbocycles. The van der Waals surface area contributed by atoms with E-state index in [-0.39, 0.29) is 25.0 Å². The standard InChI is InChI=1S/C20H19FN4O4/c1-12-10-28-19(29-11-12)18-24-16(13-2-4-14(21)5-3-13)17(25-18)15-6-7-22-20(23-15)27-9-8-26/h2-7,19,26H,1,8-11H2,(H,24,25). The van der Waals surface area contributed by atoms with Gasteiger partial charge in [0.2, 0.25) is 6.29 Å². The van der Waals surface area contributed by atoms with Gasteiger partial charge in [-0.25, -0.2) is 14.4 Å². The van der Waals surface area contributed by atoms with Gasteiger partial charge in [0.05, 0.1) is 36.9 Å². The molecular weight excluding hydrogens is 379 g/mol. The van der Waals surface area contributed by atoms with Crippen LogP contribution in [0.25, 0.3) is 22.6 Å². The molecule has 0 atom stereocenters. The van der Waals surface area contributed by atoms with Crippen LogP contribution in [0.5, 0.6) is 6.01 Å². The van der Waals surface area contributed by atoms with Crippen LogP contribution in [0.1, 0.15) is 12.1 Å². The molecule has 29 heavy (non-hydrogen) atoms. The van der Waals surface area contributed by atoms with Crippen LogP contribution < -0.4 is 4.74 Å². The van der Waals surface area contributed by atoms with Crippen molar-refractivity contribution in [2.75, 3.05) is 26.4 Å². The van der Waals surface area contributed by atoms with E-state index in [0.717, 1.165) is 5.57 Å². The highest BCUT2D eigenvalue weighted by Gasteiger charge is 2.25. The molecule has 1 fully saturated rings. The number of hydrogen-bond acceptors (Lipinski definition) is 7. The van der Waals surface area contributed by atoms with E-state index in [9.17, 15) is 4.39 Å². The maximum Gasteiger partial charge on any atom is 0.317 e. The highest BCUT2D eigenvalue weighted by molar-refractivity contribution is 5.76. The van der Waals surface area contributed by atoms with Crippen LogP contribution in [0.4, 0.5) is 4.39 Å². The molecule has 9 heteroatoms. The number of rotatable bonds is 6. The van der Waals surface area contributed by atoms with Crippen molar-refractivity contribution in [2.45, 2.75) is 6.29 Å². The number of aliphatic hydroxyl groups is 1. The molecule has 2 aromatic heterocycles. The van der Waals surface area contributed by atoms with Gasteiger partial charge in [0.25, 0.3) is 0 Å². The van der Waals surface area contributed by atoms with E-state index in [4.69, 9.17) is 19.3 Å². The van der Waals surface area contributed by atoms with Crippen LogP contribution in [0.2, 0.25) is 0 Å². The zero-order chi connectivity index (χ0) is 20.2. The molecule has 0 amide bonds. The summed E-state index contributed by atoms with van der Waals surface area (Å²) in [5.41, 5.74) is 3.20. The van der Waals surface area contributed by atoms with Crippen LogP contribution in [0.15, 0.2) is 48.7 Å². The van der Waals surface area contributed by atoms with Gasteiger partial charge in [0.1, 0.15) is 12.4 Å². The molecule has 8 nitrogen and oxygen atoms in total. The second kappa shape index (κ2) is 8.48. The van der Waals surface area contributed by atoms with Crippen LogP contribution in [-0.2, 0) is 9.47 Å². The molecule has 1 aliphatic heterocycles. The average Bonchev–Trinajstić information content (AvgIpc) is 3.19. The number of aromatic amines is 1. The minimum Gasteiger partial charge on any atom is -0.461 e. The summed E-state index contributed by atoms with van der Waals surface area (Å²) in [7, 11) is 0. The zero-order valence-electron chi connectivity index (χ0n) is 15.5.